The molecule has 0 saturated carbocycles. The third kappa shape index (κ3) is 114. The van der Waals surface area contributed by atoms with Crippen LogP contribution in [0.4, 0.5) is 0 Å². The van der Waals surface area contributed by atoms with Crippen molar-refractivity contribution >= 4 is 0 Å². The van der Waals surface area contributed by atoms with Gasteiger partial charge in [0.05, 0.1) is 0 Å². The summed E-state index contributed by atoms with van der Waals surface area (Å²) < 4.78 is 0. The zero-order valence-electron chi connectivity index (χ0n) is 10.7. The van der Waals surface area contributed by atoms with Gasteiger partial charge in [-0.1, -0.05) is 40.0 Å². The van der Waals surface area contributed by atoms with Gasteiger partial charge >= 0.3 is 35.9 Å². The van der Waals surface area contributed by atoms with Gasteiger partial charge in [0.2, 0.25) is 0 Å². The Bertz CT molecular complexity index is 25.8. The van der Waals surface area contributed by atoms with Crippen molar-refractivity contribution < 1.29 is 35.9 Å². The molecule has 0 fully saturated rings. The molecular formula is C12H27LiMn. The fraction of sp³-hybridized carbons (Fsp3) is 0.750. The molecule has 0 nitrogen and oxygen atoms in total. The molecule has 14 heavy (non-hydrogen) atoms. The first-order valence-corrected chi connectivity index (χ1v) is 5.12. The van der Waals surface area contributed by atoms with Gasteiger partial charge in [0.25, 0.3) is 0 Å². The van der Waals surface area contributed by atoms with Crippen LogP contribution in [0.2, 0.25) is 0 Å². The van der Waals surface area contributed by atoms with E-state index in [4.69, 9.17) is 0 Å². The van der Waals surface area contributed by atoms with Crippen molar-refractivity contribution in [1.82, 2.24) is 0 Å². The molecule has 0 spiro atoms. The third-order valence-electron chi connectivity index (χ3n) is 1.06. The fourth-order valence-corrected chi connectivity index (χ4v) is 0. The normalized spacial score (nSPS) is 6.43. The first-order valence-electron chi connectivity index (χ1n) is 5.12. The van der Waals surface area contributed by atoms with Crippen molar-refractivity contribution in [3.05, 3.63) is 20.8 Å². The Morgan fingerprint density at radius 1 is 0.643 bits per heavy atom. The SMILES string of the molecule is [CH2-]CCC.[CH2-]CCC.[CH2-]CCC.[Li+].[Mn+2]. The Hall–Kier alpha value is 1.12. The maximum absolute atomic E-state index is 3.60. The molecule has 1 radical (unpaired) electrons. The van der Waals surface area contributed by atoms with Crippen molar-refractivity contribution in [2.24, 2.45) is 0 Å². The molecule has 0 aliphatic rings. The molecule has 0 aliphatic heterocycles. The zero-order chi connectivity index (χ0) is 10.2. The van der Waals surface area contributed by atoms with Crippen molar-refractivity contribution in [3.63, 3.8) is 0 Å². The van der Waals surface area contributed by atoms with E-state index >= 15 is 0 Å². The number of rotatable bonds is 3. The van der Waals surface area contributed by atoms with Gasteiger partial charge in [0.15, 0.2) is 0 Å². The minimum Gasteiger partial charge on any atom is -0.343 e. The van der Waals surface area contributed by atoms with Gasteiger partial charge in [-0.15, -0.1) is 0 Å². The standard InChI is InChI=1S/3C4H9.Li.Mn/c3*1-3-4-2;;/h3*1,3-4H2,2H3;;/q3*-1;+1;+2. The first kappa shape index (κ1) is 29.4. The topological polar surface area (TPSA) is 0 Å². The molecule has 0 atom stereocenters. The average molecular weight is 233 g/mol. The molecule has 0 rings (SSSR count). The Kier molecular flexibility index (Phi) is 101. The number of hydrogen-bond acceptors (Lipinski definition) is 0. The Balaban J connectivity index is -0.0000000270. The van der Waals surface area contributed by atoms with Gasteiger partial charge < -0.3 is 20.8 Å². The van der Waals surface area contributed by atoms with E-state index in [-0.39, 0.29) is 35.9 Å². The second-order valence-electron chi connectivity index (χ2n) is 2.56. The predicted octanol–water partition coefficient (Wildman–Crippen LogP) is 1.86. The van der Waals surface area contributed by atoms with Crippen LogP contribution in [0.25, 0.3) is 0 Å². The van der Waals surface area contributed by atoms with Crippen molar-refractivity contribution in [1.29, 1.82) is 0 Å². The van der Waals surface area contributed by atoms with Gasteiger partial charge in [-0.25, -0.2) is 0 Å². The summed E-state index contributed by atoms with van der Waals surface area (Å²) in [5, 5.41) is 0. The second kappa shape index (κ2) is 48.0. The molecule has 0 aliphatic carbocycles. The minimum atomic E-state index is 0. The summed E-state index contributed by atoms with van der Waals surface area (Å²) in [6.07, 6.45) is 6.83. The molecule has 0 aromatic carbocycles. The minimum absolute atomic E-state index is 0. The van der Waals surface area contributed by atoms with Crippen LogP contribution in [-0.2, 0) is 17.1 Å². The fourth-order valence-electron chi connectivity index (χ4n) is 0. The maximum atomic E-state index is 3.60. The summed E-state index contributed by atoms with van der Waals surface area (Å²) in [7, 11) is 0. The van der Waals surface area contributed by atoms with Crippen LogP contribution in [0, 0.1) is 20.8 Å². The van der Waals surface area contributed by atoms with E-state index in [0.29, 0.717) is 0 Å². The van der Waals surface area contributed by atoms with Crippen LogP contribution >= 0.6 is 0 Å². The smallest absolute Gasteiger partial charge is 0.343 e. The summed E-state index contributed by atoms with van der Waals surface area (Å²) in [6, 6.07) is 0. The van der Waals surface area contributed by atoms with Gasteiger partial charge in [0.1, 0.15) is 0 Å². The molecule has 0 amide bonds. The summed E-state index contributed by atoms with van der Waals surface area (Å²) in [5.41, 5.74) is 0. The Morgan fingerprint density at radius 2 is 0.714 bits per heavy atom. The van der Waals surface area contributed by atoms with Gasteiger partial charge in [-0.3, -0.25) is 0 Å². The monoisotopic (exact) mass is 233 g/mol. The molecule has 0 N–H and O–H groups in total. The number of hydrogen-bond donors (Lipinski definition) is 0. The Morgan fingerprint density at radius 3 is 0.714 bits per heavy atom. The Labute approximate surface area is 116 Å². The quantitative estimate of drug-likeness (QED) is 0.515. The number of unbranched alkanes of at least 4 members (excludes halogenated alkanes) is 3. The summed E-state index contributed by atoms with van der Waals surface area (Å²) in [4.78, 5) is 0. The first-order chi connectivity index (χ1) is 5.74. The maximum Gasteiger partial charge on any atom is 2.00 e. The van der Waals surface area contributed by atoms with E-state index in [1.807, 2.05) is 0 Å². The second-order valence-corrected chi connectivity index (χ2v) is 2.56. The molecule has 0 unspecified atom stereocenters. The molecule has 0 heterocycles. The van der Waals surface area contributed by atoms with E-state index in [1.54, 1.807) is 0 Å². The molecule has 0 saturated heterocycles. The molecule has 0 aromatic rings. The van der Waals surface area contributed by atoms with Gasteiger partial charge in [-0.05, 0) is 0 Å². The van der Waals surface area contributed by atoms with Crippen LogP contribution < -0.4 is 18.9 Å². The van der Waals surface area contributed by atoms with E-state index in [0.717, 1.165) is 19.3 Å². The van der Waals surface area contributed by atoms with Gasteiger partial charge in [0, 0.05) is 0 Å². The van der Waals surface area contributed by atoms with Crippen LogP contribution in [0.15, 0.2) is 0 Å². The van der Waals surface area contributed by atoms with E-state index in [2.05, 4.69) is 41.5 Å². The van der Waals surface area contributed by atoms with Crippen LogP contribution in [0.3, 0.4) is 0 Å². The summed E-state index contributed by atoms with van der Waals surface area (Å²) in [5.74, 6) is 0. The van der Waals surface area contributed by atoms with E-state index in [1.165, 1.54) is 19.3 Å². The zero-order valence-corrected chi connectivity index (χ0v) is 11.9. The van der Waals surface area contributed by atoms with E-state index in [9.17, 15) is 0 Å². The molecule has 83 valence electrons. The van der Waals surface area contributed by atoms with Crippen LogP contribution in [-0.4, -0.2) is 0 Å². The van der Waals surface area contributed by atoms with Crippen molar-refractivity contribution in [2.75, 3.05) is 0 Å². The van der Waals surface area contributed by atoms with Crippen molar-refractivity contribution in [3.8, 4) is 0 Å². The van der Waals surface area contributed by atoms with E-state index < -0.39 is 0 Å². The predicted molar refractivity (Wildman–Crippen MR) is 60.8 cm³/mol. The molecule has 0 bridgehead atoms. The van der Waals surface area contributed by atoms with Crippen LogP contribution in [0.1, 0.15) is 59.3 Å². The summed E-state index contributed by atoms with van der Waals surface area (Å²) >= 11 is 0. The van der Waals surface area contributed by atoms with Crippen LogP contribution in [0.5, 0.6) is 0 Å². The molecular weight excluding hydrogens is 206 g/mol. The molecule has 0 aromatic heterocycles. The molecule has 2 heteroatoms. The third-order valence-corrected chi connectivity index (χ3v) is 1.06. The largest absolute Gasteiger partial charge is 2.00 e. The van der Waals surface area contributed by atoms with Crippen molar-refractivity contribution in [2.45, 2.75) is 59.3 Å². The van der Waals surface area contributed by atoms with Gasteiger partial charge in [-0.2, -0.15) is 19.3 Å². The average Bonchev–Trinajstić information content (AvgIpc) is 2.18. The summed E-state index contributed by atoms with van der Waals surface area (Å²) in [6.45, 7) is 17.2.